The molecular formula is C18H23ClFNO. The zero-order valence-corrected chi connectivity index (χ0v) is 14.0. The number of ether oxygens (including phenoxy) is 1. The number of rotatable bonds is 5. The number of hydrogen-bond donors (Lipinski definition) is 1. The van der Waals surface area contributed by atoms with Crippen molar-refractivity contribution >= 4 is 12.4 Å². The number of halogens is 2. The van der Waals surface area contributed by atoms with Gasteiger partial charge in [-0.2, -0.15) is 0 Å². The molecule has 2 nitrogen and oxygen atoms in total. The lowest BCUT2D eigenvalue weighted by atomic mass is 10.1. The third-order valence-corrected chi connectivity index (χ3v) is 3.04. The molecule has 0 saturated heterocycles. The quantitative estimate of drug-likeness (QED) is 0.860. The van der Waals surface area contributed by atoms with Crippen molar-refractivity contribution in [1.29, 1.82) is 0 Å². The predicted octanol–water partition coefficient (Wildman–Crippen LogP) is 4.71. The van der Waals surface area contributed by atoms with Gasteiger partial charge in [-0.05, 0) is 56.2 Å². The summed E-state index contributed by atoms with van der Waals surface area (Å²) in [6, 6.07) is 14.4. The fourth-order valence-electron chi connectivity index (χ4n) is 1.86. The zero-order chi connectivity index (χ0) is 15.3. The molecule has 0 unspecified atom stereocenters. The van der Waals surface area contributed by atoms with E-state index in [1.165, 1.54) is 17.7 Å². The molecule has 4 heteroatoms. The lowest BCUT2D eigenvalue weighted by molar-refractivity contribution is 0.305. The molecule has 0 amide bonds. The van der Waals surface area contributed by atoms with Gasteiger partial charge in [0, 0.05) is 12.1 Å². The predicted molar refractivity (Wildman–Crippen MR) is 91.0 cm³/mol. The molecule has 0 fully saturated rings. The minimum atomic E-state index is -0.228. The van der Waals surface area contributed by atoms with Crippen molar-refractivity contribution in [1.82, 2.24) is 5.32 Å². The van der Waals surface area contributed by atoms with Crippen LogP contribution in [0.2, 0.25) is 0 Å². The van der Waals surface area contributed by atoms with Gasteiger partial charge in [0.1, 0.15) is 18.2 Å². The normalized spacial score (nSPS) is 10.9. The average molecular weight is 324 g/mol. The largest absolute Gasteiger partial charge is 0.489 e. The maximum Gasteiger partial charge on any atom is 0.123 e. The van der Waals surface area contributed by atoms with Gasteiger partial charge in [-0.1, -0.05) is 24.3 Å². The molecule has 0 atom stereocenters. The highest BCUT2D eigenvalue weighted by Crippen LogP contribution is 2.16. The second-order valence-electron chi connectivity index (χ2n) is 6.17. The van der Waals surface area contributed by atoms with Crippen molar-refractivity contribution < 1.29 is 9.13 Å². The Morgan fingerprint density at radius 2 is 1.68 bits per heavy atom. The molecule has 0 saturated carbocycles. The van der Waals surface area contributed by atoms with Crippen LogP contribution in [0.25, 0.3) is 0 Å². The van der Waals surface area contributed by atoms with E-state index in [9.17, 15) is 4.39 Å². The highest BCUT2D eigenvalue weighted by atomic mass is 35.5. The smallest absolute Gasteiger partial charge is 0.123 e. The first-order valence-electron chi connectivity index (χ1n) is 7.14. The standard InChI is InChI=1S/C18H22FNO.ClH/c1-18(2,3)20-12-15-5-4-6-17(11-15)21-13-14-7-9-16(19)10-8-14;/h4-11,20H,12-13H2,1-3H3;1H. The highest BCUT2D eigenvalue weighted by Gasteiger charge is 2.08. The van der Waals surface area contributed by atoms with Crippen LogP contribution in [-0.2, 0) is 13.2 Å². The van der Waals surface area contributed by atoms with Gasteiger partial charge in [0.25, 0.3) is 0 Å². The molecule has 2 aromatic carbocycles. The summed E-state index contributed by atoms with van der Waals surface area (Å²) in [4.78, 5) is 0. The van der Waals surface area contributed by atoms with E-state index < -0.39 is 0 Å². The molecule has 2 aromatic rings. The summed E-state index contributed by atoms with van der Waals surface area (Å²) < 4.78 is 18.6. The lowest BCUT2D eigenvalue weighted by Crippen LogP contribution is -2.35. The van der Waals surface area contributed by atoms with Crippen molar-refractivity contribution in [3.8, 4) is 5.75 Å². The summed E-state index contributed by atoms with van der Waals surface area (Å²) in [6.07, 6.45) is 0. The Labute approximate surface area is 138 Å². The van der Waals surface area contributed by atoms with Crippen LogP contribution in [0.3, 0.4) is 0 Å². The Balaban J connectivity index is 0.00000242. The molecular weight excluding hydrogens is 301 g/mol. The van der Waals surface area contributed by atoms with E-state index in [-0.39, 0.29) is 23.8 Å². The SMILES string of the molecule is CC(C)(C)NCc1cccc(OCc2ccc(F)cc2)c1.Cl. The molecule has 120 valence electrons. The fourth-order valence-corrected chi connectivity index (χ4v) is 1.86. The second-order valence-corrected chi connectivity index (χ2v) is 6.17. The molecule has 1 N–H and O–H groups in total. The van der Waals surface area contributed by atoms with Crippen LogP contribution in [-0.4, -0.2) is 5.54 Å². The van der Waals surface area contributed by atoms with Crippen molar-refractivity contribution in [2.24, 2.45) is 0 Å². The Morgan fingerprint density at radius 1 is 1.00 bits per heavy atom. The van der Waals surface area contributed by atoms with Crippen LogP contribution in [0.1, 0.15) is 31.9 Å². The second kappa shape index (κ2) is 8.16. The zero-order valence-electron chi connectivity index (χ0n) is 13.2. The molecule has 0 aliphatic rings. The van der Waals surface area contributed by atoms with Crippen molar-refractivity contribution in [3.63, 3.8) is 0 Å². The Morgan fingerprint density at radius 3 is 2.32 bits per heavy atom. The van der Waals surface area contributed by atoms with Gasteiger partial charge < -0.3 is 10.1 Å². The molecule has 0 radical (unpaired) electrons. The van der Waals surface area contributed by atoms with Crippen LogP contribution >= 0.6 is 12.4 Å². The first kappa shape index (κ1) is 18.5. The summed E-state index contributed by atoms with van der Waals surface area (Å²) >= 11 is 0. The maximum atomic E-state index is 12.8. The Hall–Kier alpha value is -1.58. The topological polar surface area (TPSA) is 21.3 Å². The van der Waals surface area contributed by atoms with Gasteiger partial charge >= 0.3 is 0 Å². The molecule has 0 bridgehead atoms. The van der Waals surface area contributed by atoms with Crippen molar-refractivity contribution in [2.75, 3.05) is 0 Å². The molecule has 2 rings (SSSR count). The van der Waals surface area contributed by atoms with Gasteiger partial charge in [0.05, 0.1) is 0 Å². The van der Waals surface area contributed by atoms with Crippen LogP contribution in [0, 0.1) is 5.82 Å². The van der Waals surface area contributed by atoms with E-state index in [0.29, 0.717) is 6.61 Å². The third kappa shape index (κ3) is 6.46. The summed E-state index contributed by atoms with van der Waals surface area (Å²) in [7, 11) is 0. The first-order valence-corrected chi connectivity index (χ1v) is 7.14. The first-order chi connectivity index (χ1) is 9.92. The van der Waals surface area contributed by atoms with Gasteiger partial charge in [0.15, 0.2) is 0 Å². The maximum absolute atomic E-state index is 12.8. The third-order valence-electron chi connectivity index (χ3n) is 3.04. The number of hydrogen-bond acceptors (Lipinski definition) is 2. The van der Waals surface area contributed by atoms with Crippen LogP contribution < -0.4 is 10.1 Å². The molecule has 0 heterocycles. The molecule has 0 aliphatic heterocycles. The monoisotopic (exact) mass is 323 g/mol. The number of nitrogens with one attached hydrogen (secondary N) is 1. The van der Waals surface area contributed by atoms with Crippen molar-refractivity contribution in [2.45, 2.75) is 39.5 Å². The van der Waals surface area contributed by atoms with Crippen LogP contribution in [0.5, 0.6) is 5.75 Å². The number of benzene rings is 2. The molecule has 22 heavy (non-hydrogen) atoms. The van der Waals surface area contributed by atoms with Gasteiger partial charge in [-0.25, -0.2) is 4.39 Å². The van der Waals surface area contributed by atoms with Gasteiger partial charge in [-0.15, -0.1) is 12.4 Å². The van der Waals surface area contributed by atoms with Gasteiger partial charge in [-0.3, -0.25) is 0 Å². The Kier molecular flexibility index (Phi) is 6.85. The van der Waals surface area contributed by atoms with E-state index in [0.717, 1.165) is 17.9 Å². The summed E-state index contributed by atoms with van der Waals surface area (Å²) in [5.74, 6) is 0.599. The van der Waals surface area contributed by atoms with Crippen LogP contribution in [0.4, 0.5) is 4.39 Å². The molecule has 0 aliphatic carbocycles. The fraction of sp³-hybridized carbons (Fsp3) is 0.333. The Bertz CT molecular complexity index is 578. The minimum Gasteiger partial charge on any atom is -0.489 e. The van der Waals surface area contributed by atoms with E-state index in [4.69, 9.17) is 4.74 Å². The van der Waals surface area contributed by atoms with E-state index >= 15 is 0 Å². The van der Waals surface area contributed by atoms with E-state index in [1.807, 2.05) is 18.2 Å². The minimum absolute atomic E-state index is 0. The summed E-state index contributed by atoms with van der Waals surface area (Å²) in [5.41, 5.74) is 2.22. The van der Waals surface area contributed by atoms with Gasteiger partial charge in [0.2, 0.25) is 0 Å². The molecule has 0 aromatic heterocycles. The van der Waals surface area contributed by atoms with E-state index in [2.05, 4.69) is 32.2 Å². The summed E-state index contributed by atoms with van der Waals surface area (Å²) in [6.45, 7) is 7.67. The average Bonchev–Trinajstić information content (AvgIpc) is 2.44. The van der Waals surface area contributed by atoms with Crippen molar-refractivity contribution in [3.05, 3.63) is 65.5 Å². The summed E-state index contributed by atoms with van der Waals surface area (Å²) in [5, 5.41) is 3.45. The van der Waals surface area contributed by atoms with Crippen LogP contribution in [0.15, 0.2) is 48.5 Å². The highest BCUT2D eigenvalue weighted by molar-refractivity contribution is 5.85. The lowest BCUT2D eigenvalue weighted by Gasteiger charge is -2.20. The molecule has 0 spiro atoms. The van der Waals surface area contributed by atoms with E-state index in [1.54, 1.807) is 12.1 Å².